The van der Waals surface area contributed by atoms with Crippen molar-refractivity contribution in [1.29, 1.82) is 0 Å². The first-order valence-corrected chi connectivity index (χ1v) is 9.53. The van der Waals surface area contributed by atoms with Gasteiger partial charge in [-0.25, -0.2) is 9.97 Å². The second kappa shape index (κ2) is 7.59. The molecule has 3 aromatic rings. The predicted octanol–water partition coefficient (Wildman–Crippen LogP) is 3.62. The van der Waals surface area contributed by atoms with Gasteiger partial charge in [0.05, 0.1) is 18.2 Å². The first-order chi connectivity index (χ1) is 10.2. The molecule has 0 atom stereocenters. The highest BCUT2D eigenvalue weighted by Crippen LogP contribution is 2.15. The molecule has 0 amide bonds. The number of aromatic nitrogens is 4. The summed E-state index contributed by atoms with van der Waals surface area (Å²) < 4.78 is 2.16. The molecule has 0 bridgehead atoms. The van der Waals surface area contributed by atoms with Crippen LogP contribution in [0.25, 0.3) is 11.3 Å². The SMILES string of the molecule is CCc1ncc(-c2ccccc2)[nH]1.C[Si](C)n1ccnc1. The molecular formula is C16H21N4Si. The summed E-state index contributed by atoms with van der Waals surface area (Å²) in [5.41, 5.74) is 2.28. The molecule has 1 N–H and O–H groups in total. The zero-order chi connectivity index (χ0) is 15.1. The molecule has 5 heteroatoms. The zero-order valence-electron chi connectivity index (χ0n) is 12.7. The van der Waals surface area contributed by atoms with E-state index in [4.69, 9.17) is 0 Å². The number of imidazole rings is 2. The van der Waals surface area contributed by atoms with E-state index in [1.54, 1.807) is 0 Å². The van der Waals surface area contributed by atoms with Gasteiger partial charge in [-0.2, -0.15) is 0 Å². The molecule has 2 heterocycles. The summed E-state index contributed by atoms with van der Waals surface area (Å²) >= 11 is 0. The Labute approximate surface area is 127 Å². The van der Waals surface area contributed by atoms with Gasteiger partial charge in [0, 0.05) is 18.8 Å². The standard InChI is InChI=1S/C11H12N2.C5H9N2Si/c1-2-11-12-8-10(13-11)9-6-4-3-5-7-9;1-8(2)7-4-3-6-5-7/h3-8H,2H2,1H3,(H,12,13);3-5H,1-2H3. The highest BCUT2D eigenvalue weighted by atomic mass is 28.3. The molecule has 0 fully saturated rings. The van der Waals surface area contributed by atoms with Crippen LogP contribution in [-0.2, 0) is 6.42 Å². The third kappa shape index (κ3) is 4.42. The monoisotopic (exact) mass is 297 g/mol. The molecule has 0 aliphatic heterocycles. The molecule has 1 aromatic carbocycles. The molecule has 0 unspecified atom stereocenters. The van der Waals surface area contributed by atoms with Gasteiger partial charge < -0.3 is 9.22 Å². The van der Waals surface area contributed by atoms with Crippen molar-refractivity contribution in [1.82, 2.24) is 19.2 Å². The fourth-order valence-corrected chi connectivity index (χ4v) is 2.49. The lowest BCUT2D eigenvalue weighted by Crippen LogP contribution is -2.12. The van der Waals surface area contributed by atoms with Gasteiger partial charge in [-0.1, -0.05) is 50.3 Å². The van der Waals surface area contributed by atoms with Crippen LogP contribution < -0.4 is 0 Å². The minimum absolute atomic E-state index is 0.315. The van der Waals surface area contributed by atoms with Crippen molar-refractivity contribution in [2.45, 2.75) is 26.4 Å². The van der Waals surface area contributed by atoms with E-state index in [0.717, 1.165) is 17.9 Å². The van der Waals surface area contributed by atoms with Crippen molar-refractivity contribution in [2.24, 2.45) is 0 Å². The summed E-state index contributed by atoms with van der Waals surface area (Å²) in [7, 11) is -0.315. The third-order valence-corrected chi connectivity index (χ3v) is 4.37. The molecule has 0 aliphatic rings. The number of benzene rings is 1. The summed E-state index contributed by atoms with van der Waals surface area (Å²) in [5, 5.41) is 0. The minimum Gasteiger partial charge on any atom is -0.365 e. The molecule has 0 spiro atoms. The van der Waals surface area contributed by atoms with Crippen LogP contribution in [0.15, 0.2) is 55.2 Å². The van der Waals surface area contributed by atoms with Crippen LogP contribution in [-0.4, -0.2) is 28.1 Å². The average Bonchev–Trinajstić information content (AvgIpc) is 3.20. The highest BCUT2D eigenvalue weighted by molar-refractivity contribution is 6.53. The minimum atomic E-state index is -0.315. The quantitative estimate of drug-likeness (QED) is 0.751. The van der Waals surface area contributed by atoms with Crippen LogP contribution in [0.2, 0.25) is 13.1 Å². The number of rotatable bonds is 3. The molecule has 0 aliphatic carbocycles. The topological polar surface area (TPSA) is 46.5 Å². The van der Waals surface area contributed by atoms with Crippen LogP contribution >= 0.6 is 0 Å². The van der Waals surface area contributed by atoms with Crippen molar-refractivity contribution in [2.75, 3.05) is 0 Å². The fourth-order valence-electron chi connectivity index (χ4n) is 1.83. The lowest BCUT2D eigenvalue weighted by molar-refractivity contribution is 0.991. The Morgan fingerprint density at radius 1 is 1.19 bits per heavy atom. The largest absolute Gasteiger partial charge is 0.365 e. The van der Waals surface area contributed by atoms with Crippen molar-refractivity contribution < 1.29 is 0 Å². The van der Waals surface area contributed by atoms with Crippen molar-refractivity contribution in [3.8, 4) is 11.3 Å². The summed E-state index contributed by atoms with van der Waals surface area (Å²) in [5.74, 6) is 1.04. The molecule has 3 rings (SSSR count). The Balaban J connectivity index is 0.000000173. The van der Waals surface area contributed by atoms with Crippen molar-refractivity contribution in [3.05, 3.63) is 61.1 Å². The number of aromatic amines is 1. The van der Waals surface area contributed by atoms with Gasteiger partial charge in [0.25, 0.3) is 0 Å². The molecule has 0 saturated carbocycles. The van der Waals surface area contributed by atoms with Gasteiger partial charge in [0.15, 0.2) is 8.96 Å². The van der Waals surface area contributed by atoms with Gasteiger partial charge in [0.1, 0.15) is 5.82 Å². The summed E-state index contributed by atoms with van der Waals surface area (Å²) in [4.78, 5) is 11.5. The number of aryl methyl sites for hydroxylation is 1. The summed E-state index contributed by atoms with van der Waals surface area (Å²) in [6, 6.07) is 10.2. The van der Waals surface area contributed by atoms with Gasteiger partial charge >= 0.3 is 0 Å². The van der Waals surface area contributed by atoms with Crippen molar-refractivity contribution in [3.63, 3.8) is 0 Å². The Kier molecular flexibility index (Phi) is 5.51. The lowest BCUT2D eigenvalue weighted by atomic mass is 10.2. The maximum atomic E-state index is 4.26. The van der Waals surface area contributed by atoms with E-state index in [0.29, 0.717) is 0 Å². The Hall–Kier alpha value is -2.14. The first-order valence-electron chi connectivity index (χ1n) is 7.08. The van der Waals surface area contributed by atoms with Crippen LogP contribution in [0.1, 0.15) is 12.7 Å². The third-order valence-electron chi connectivity index (χ3n) is 3.07. The number of hydrogen-bond acceptors (Lipinski definition) is 2. The number of H-pyrrole nitrogens is 1. The van der Waals surface area contributed by atoms with Crippen LogP contribution in [0, 0.1) is 0 Å². The van der Waals surface area contributed by atoms with E-state index in [1.165, 1.54) is 5.56 Å². The molecule has 1 radical (unpaired) electrons. The van der Waals surface area contributed by atoms with Crippen molar-refractivity contribution >= 4 is 8.96 Å². The first kappa shape index (κ1) is 15.2. The Bertz CT molecular complexity index is 629. The van der Waals surface area contributed by atoms with Gasteiger partial charge in [-0.3, -0.25) is 0 Å². The Morgan fingerprint density at radius 2 is 1.95 bits per heavy atom. The number of hydrogen-bond donors (Lipinski definition) is 1. The lowest BCUT2D eigenvalue weighted by Gasteiger charge is -1.99. The zero-order valence-corrected chi connectivity index (χ0v) is 13.7. The number of nitrogens with zero attached hydrogens (tertiary/aromatic N) is 3. The number of nitrogens with one attached hydrogen (secondary N) is 1. The molecule has 109 valence electrons. The Morgan fingerprint density at radius 3 is 2.43 bits per heavy atom. The van der Waals surface area contributed by atoms with Gasteiger partial charge in [0.2, 0.25) is 0 Å². The molecule has 21 heavy (non-hydrogen) atoms. The van der Waals surface area contributed by atoms with Gasteiger partial charge in [-0.05, 0) is 5.56 Å². The van der Waals surface area contributed by atoms with E-state index in [9.17, 15) is 0 Å². The van der Waals surface area contributed by atoms with Gasteiger partial charge in [-0.15, -0.1) is 0 Å². The smallest absolute Gasteiger partial charge is 0.169 e. The highest BCUT2D eigenvalue weighted by Gasteiger charge is 1.99. The molecular weight excluding hydrogens is 276 g/mol. The van der Waals surface area contributed by atoms with E-state index in [2.05, 4.69) is 51.3 Å². The normalized spacial score (nSPS) is 10.3. The second-order valence-corrected chi connectivity index (χ2v) is 7.29. The molecule has 0 saturated heterocycles. The maximum Gasteiger partial charge on any atom is 0.169 e. The predicted molar refractivity (Wildman–Crippen MR) is 88.5 cm³/mol. The van der Waals surface area contributed by atoms with E-state index in [1.807, 2.05) is 43.1 Å². The summed E-state index contributed by atoms with van der Waals surface area (Å²) in [6.07, 6.45) is 8.53. The molecule has 2 aromatic heterocycles. The second-order valence-electron chi connectivity index (χ2n) is 4.88. The summed E-state index contributed by atoms with van der Waals surface area (Å²) in [6.45, 7) is 6.55. The fraction of sp³-hybridized carbons (Fsp3) is 0.250. The van der Waals surface area contributed by atoms with Crippen LogP contribution in [0.5, 0.6) is 0 Å². The van der Waals surface area contributed by atoms with E-state index < -0.39 is 0 Å². The van der Waals surface area contributed by atoms with Crippen LogP contribution in [0.3, 0.4) is 0 Å². The average molecular weight is 297 g/mol. The van der Waals surface area contributed by atoms with E-state index in [-0.39, 0.29) is 8.96 Å². The maximum absolute atomic E-state index is 4.26. The van der Waals surface area contributed by atoms with E-state index >= 15 is 0 Å². The molecule has 4 nitrogen and oxygen atoms in total. The van der Waals surface area contributed by atoms with Crippen LogP contribution in [0.4, 0.5) is 0 Å².